The molecule has 2 aromatic rings. The lowest BCUT2D eigenvalue weighted by Gasteiger charge is -2.08. The van der Waals surface area contributed by atoms with Crippen LogP contribution in [0.3, 0.4) is 0 Å². The molecule has 5 nitrogen and oxygen atoms in total. The summed E-state index contributed by atoms with van der Waals surface area (Å²) in [6.45, 7) is 1.81. The third-order valence-electron chi connectivity index (χ3n) is 4.02. The van der Waals surface area contributed by atoms with Gasteiger partial charge in [-0.15, -0.1) is 0 Å². The summed E-state index contributed by atoms with van der Waals surface area (Å²) < 4.78 is 0. The zero-order chi connectivity index (χ0) is 18.7. The molecular formula is C19H17Cl2N3O2. The van der Waals surface area contributed by atoms with E-state index in [9.17, 15) is 9.59 Å². The van der Waals surface area contributed by atoms with Gasteiger partial charge in [0.05, 0.1) is 16.3 Å². The van der Waals surface area contributed by atoms with Crippen LogP contribution < -0.4 is 10.7 Å². The predicted octanol–water partition coefficient (Wildman–Crippen LogP) is 4.50. The molecule has 0 atom stereocenters. The van der Waals surface area contributed by atoms with Crippen molar-refractivity contribution in [2.45, 2.75) is 19.8 Å². The Morgan fingerprint density at radius 3 is 2.38 bits per heavy atom. The Labute approximate surface area is 161 Å². The van der Waals surface area contributed by atoms with Crippen LogP contribution in [0, 0.1) is 5.92 Å². The molecule has 0 saturated heterocycles. The third-order valence-corrected chi connectivity index (χ3v) is 4.57. The Morgan fingerprint density at radius 1 is 1.08 bits per heavy atom. The first-order chi connectivity index (χ1) is 12.4. The summed E-state index contributed by atoms with van der Waals surface area (Å²) >= 11 is 11.9. The van der Waals surface area contributed by atoms with Crippen molar-refractivity contribution in [3.63, 3.8) is 0 Å². The first-order valence-corrected chi connectivity index (χ1v) is 8.90. The van der Waals surface area contributed by atoms with E-state index < -0.39 is 0 Å². The largest absolute Gasteiger partial charge is 0.322 e. The molecule has 1 fully saturated rings. The van der Waals surface area contributed by atoms with Crippen LogP contribution in [0.1, 0.15) is 35.7 Å². The van der Waals surface area contributed by atoms with Gasteiger partial charge in [-0.25, -0.2) is 5.43 Å². The second-order valence-corrected chi connectivity index (χ2v) is 6.95. The van der Waals surface area contributed by atoms with Crippen LogP contribution in [0.2, 0.25) is 10.0 Å². The van der Waals surface area contributed by atoms with E-state index in [0.717, 1.165) is 18.4 Å². The minimum absolute atomic E-state index is 0.0342. The first kappa shape index (κ1) is 18.4. The molecule has 134 valence electrons. The van der Waals surface area contributed by atoms with E-state index in [4.69, 9.17) is 23.2 Å². The van der Waals surface area contributed by atoms with Crippen molar-refractivity contribution >= 4 is 46.4 Å². The average molecular weight is 390 g/mol. The van der Waals surface area contributed by atoms with E-state index in [2.05, 4.69) is 15.8 Å². The van der Waals surface area contributed by atoms with Gasteiger partial charge in [-0.3, -0.25) is 9.59 Å². The molecule has 2 N–H and O–H groups in total. The molecule has 0 aliphatic heterocycles. The number of hydrogen-bond donors (Lipinski definition) is 2. The fourth-order valence-corrected chi connectivity index (χ4v) is 2.80. The summed E-state index contributed by atoms with van der Waals surface area (Å²) in [4.78, 5) is 23.9. The van der Waals surface area contributed by atoms with Gasteiger partial charge in [-0.1, -0.05) is 35.3 Å². The number of rotatable bonds is 5. The van der Waals surface area contributed by atoms with Crippen LogP contribution in [0.5, 0.6) is 0 Å². The summed E-state index contributed by atoms with van der Waals surface area (Å²) in [5, 5.41) is 7.66. The monoisotopic (exact) mass is 389 g/mol. The van der Waals surface area contributed by atoms with Crippen molar-refractivity contribution in [2.75, 3.05) is 5.32 Å². The van der Waals surface area contributed by atoms with Gasteiger partial charge in [0.1, 0.15) is 0 Å². The summed E-state index contributed by atoms with van der Waals surface area (Å²) in [7, 11) is 0. The SMILES string of the molecule is C/C(=N/NC(=O)C1CC1)c1ccc(NC(=O)c2ccc(Cl)cc2Cl)cc1. The fraction of sp³-hybridized carbons (Fsp3) is 0.211. The van der Waals surface area contributed by atoms with E-state index in [0.29, 0.717) is 27.0 Å². The number of carbonyl (C=O) groups is 2. The average Bonchev–Trinajstić information content (AvgIpc) is 3.45. The zero-order valence-corrected chi connectivity index (χ0v) is 15.6. The minimum atomic E-state index is -0.318. The van der Waals surface area contributed by atoms with Gasteiger partial charge >= 0.3 is 0 Å². The molecule has 2 amide bonds. The summed E-state index contributed by atoms with van der Waals surface area (Å²) in [5.74, 6) is -0.238. The third kappa shape index (κ3) is 4.62. The molecule has 3 rings (SSSR count). The number of hydrazone groups is 1. The molecule has 1 aliphatic carbocycles. The highest BCUT2D eigenvalue weighted by Gasteiger charge is 2.29. The number of anilines is 1. The molecule has 1 aliphatic rings. The van der Waals surface area contributed by atoms with Gasteiger partial charge in [0.15, 0.2) is 0 Å². The maximum Gasteiger partial charge on any atom is 0.257 e. The Morgan fingerprint density at radius 2 is 1.77 bits per heavy atom. The van der Waals surface area contributed by atoms with Crippen LogP contribution in [0.25, 0.3) is 0 Å². The number of nitrogens with zero attached hydrogens (tertiary/aromatic N) is 1. The molecule has 0 bridgehead atoms. The number of nitrogens with one attached hydrogen (secondary N) is 2. The number of carbonyl (C=O) groups excluding carboxylic acids is 2. The van der Waals surface area contributed by atoms with Crippen LogP contribution >= 0.6 is 23.2 Å². The molecule has 1 saturated carbocycles. The van der Waals surface area contributed by atoms with Crippen molar-refractivity contribution in [1.29, 1.82) is 0 Å². The van der Waals surface area contributed by atoms with Crippen LogP contribution in [-0.2, 0) is 4.79 Å². The summed E-state index contributed by atoms with van der Waals surface area (Å²) in [6.07, 6.45) is 1.87. The van der Waals surface area contributed by atoms with Crippen molar-refractivity contribution < 1.29 is 9.59 Å². The highest BCUT2D eigenvalue weighted by molar-refractivity contribution is 6.37. The van der Waals surface area contributed by atoms with Gasteiger partial charge in [0, 0.05) is 16.6 Å². The standard InChI is InChI=1S/C19H17Cl2N3O2/c1-11(23-24-18(25)13-2-3-13)12-4-7-15(8-5-12)22-19(26)16-9-6-14(20)10-17(16)21/h4-10,13H,2-3H2,1H3,(H,22,26)(H,24,25)/b23-11-. The molecule has 0 heterocycles. The molecule has 0 unspecified atom stereocenters. The van der Waals surface area contributed by atoms with E-state index >= 15 is 0 Å². The lowest BCUT2D eigenvalue weighted by atomic mass is 10.1. The van der Waals surface area contributed by atoms with Gasteiger partial charge in [0.2, 0.25) is 5.91 Å². The Bertz CT molecular complexity index is 875. The van der Waals surface area contributed by atoms with Crippen molar-refractivity contribution in [1.82, 2.24) is 5.43 Å². The van der Waals surface area contributed by atoms with E-state index in [1.807, 2.05) is 19.1 Å². The van der Waals surface area contributed by atoms with Crippen LogP contribution in [0.4, 0.5) is 5.69 Å². The second-order valence-electron chi connectivity index (χ2n) is 6.10. The molecule has 7 heteroatoms. The van der Waals surface area contributed by atoms with E-state index in [1.54, 1.807) is 24.3 Å². The number of hydrogen-bond acceptors (Lipinski definition) is 3. The Kier molecular flexibility index (Phi) is 5.59. The second kappa shape index (κ2) is 7.89. The van der Waals surface area contributed by atoms with E-state index in [-0.39, 0.29) is 17.7 Å². The van der Waals surface area contributed by atoms with Crippen molar-refractivity contribution in [3.8, 4) is 0 Å². The first-order valence-electron chi connectivity index (χ1n) is 8.15. The maximum absolute atomic E-state index is 12.3. The van der Waals surface area contributed by atoms with Crippen molar-refractivity contribution in [3.05, 3.63) is 63.6 Å². The van der Waals surface area contributed by atoms with E-state index in [1.165, 1.54) is 6.07 Å². The molecular weight excluding hydrogens is 373 g/mol. The van der Waals surface area contributed by atoms with Gasteiger partial charge < -0.3 is 5.32 Å². The van der Waals surface area contributed by atoms with Crippen LogP contribution in [-0.4, -0.2) is 17.5 Å². The smallest absolute Gasteiger partial charge is 0.257 e. The molecule has 0 aromatic heterocycles. The minimum Gasteiger partial charge on any atom is -0.322 e. The maximum atomic E-state index is 12.3. The highest BCUT2D eigenvalue weighted by Crippen LogP contribution is 2.28. The summed E-state index contributed by atoms with van der Waals surface area (Å²) in [6, 6.07) is 11.9. The highest BCUT2D eigenvalue weighted by atomic mass is 35.5. The van der Waals surface area contributed by atoms with Crippen molar-refractivity contribution in [2.24, 2.45) is 11.0 Å². The topological polar surface area (TPSA) is 70.6 Å². The number of benzene rings is 2. The summed E-state index contributed by atoms with van der Waals surface area (Å²) in [5.41, 5.74) is 5.09. The Balaban J connectivity index is 1.64. The predicted molar refractivity (Wildman–Crippen MR) is 104 cm³/mol. The molecule has 0 spiro atoms. The van der Waals surface area contributed by atoms with Gasteiger partial charge in [-0.05, 0) is 55.7 Å². The molecule has 26 heavy (non-hydrogen) atoms. The lowest BCUT2D eigenvalue weighted by Crippen LogP contribution is -2.20. The normalized spacial score (nSPS) is 14.0. The fourth-order valence-electron chi connectivity index (χ4n) is 2.31. The molecule has 2 aromatic carbocycles. The van der Waals surface area contributed by atoms with Gasteiger partial charge in [-0.2, -0.15) is 5.10 Å². The lowest BCUT2D eigenvalue weighted by molar-refractivity contribution is -0.122. The van der Waals surface area contributed by atoms with Crippen LogP contribution in [0.15, 0.2) is 47.6 Å². The zero-order valence-electron chi connectivity index (χ0n) is 14.1. The number of halogens is 2. The number of amides is 2. The van der Waals surface area contributed by atoms with Gasteiger partial charge in [0.25, 0.3) is 5.91 Å². The Hall–Kier alpha value is -2.37. The quantitative estimate of drug-likeness (QED) is 0.583. The molecule has 0 radical (unpaired) electrons.